The number of nitrogens with one attached hydrogen (secondary N) is 1. The highest BCUT2D eigenvalue weighted by Crippen LogP contribution is 2.26. The molecule has 0 bridgehead atoms. The molecule has 0 heterocycles. The summed E-state index contributed by atoms with van der Waals surface area (Å²) in [4.78, 5) is 27.9. The molecule has 202 valence electrons. The number of halogens is 2. The van der Waals surface area contributed by atoms with Crippen LogP contribution < -0.4 is 9.62 Å². The van der Waals surface area contributed by atoms with Gasteiger partial charge in [0.15, 0.2) is 0 Å². The van der Waals surface area contributed by atoms with Crippen LogP contribution in [0.1, 0.15) is 26.3 Å². The Labute approximate surface area is 228 Å². The summed E-state index contributed by atoms with van der Waals surface area (Å²) in [6.45, 7) is 4.96. The molecule has 0 saturated carbocycles. The van der Waals surface area contributed by atoms with Crippen LogP contribution in [0, 0.1) is 11.7 Å². The first-order valence-electron chi connectivity index (χ1n) is 12.1. The minimum atomic E-state index is -4.18. The molecule has 1 N–H and O–H groups in total. The van der Waals surface area contributed by atoms with Crippen molar-refractivity contribution in [3.8, 4) is 0 Å². The number of amides is 2. The molecule has 7 nitrogen and oxygen atoms in total. The monoisotopic (exact) mass is 559 g/mol. The van der Waals surface area contributed by atoms with Crippen LogP contribution in [0.4, 0.5) is 10.1 Å². The van der Waals surface area contributed by atoms with Gasteiger partial charge in [0.05, 0.1) is 10.6 Å². The van der Waals surface area contributed by atoms with Crippen molar-refractivity contribution in [3.05, 3.63) is 95.3 Å². The van der Waals surface area contributed by atoms with Gasteiger partial charge in [0.2, 0.25) is 11.8 Å². The van der Waals surface area contributed by atoms with Gasteiger partial charge in [-0.25, -0.2) is 12.8 Å². The fraction of sp³-hybridized carbons (Fsp3) is 0.286. The van der Waals surface area contributed by atoms with Crippen molar-refractivity contribution in [2.24, 2.45) is 5.92 Å². The van der Waals surface area contributed by atoms with Crippen LogP contribution in [-0.2, 0) is 26.2 Å². The van der Waals surface area contributed by atoms with Crippen molar-refractivity contribution in [2.75, 3.05) is 17.4 Å². The van der Waals surface area contributed by atoms with Crippen LogP contribution >= 0.6 is 11.6 Å². The molecular weight excluding hydrogens is 529 g/mol. The number of anilines is 1. The van der Waals surface area contributed by atoms with E-state index in [2.05, 4.69) is 5.32 Å². The number of hydrogen-bond acceptors (Lipinski definition) is 4. The van der Waals surface area contributed by atoms with E-state index >= 15 is 0 Å². The average Bonchev–Trinajstić information content (AvgIpc) is 2.90. The fourth-order valence-electron chi connectivity index (χ4n) is 3.70. The molecule has 0 aliphatic heterocycles. The number of carbonyl (C=O) groups excluding carboxylic acids is 2. The summed E-state index contributed by atoms with van der Waals surface area (Å²) in [5.74, 6) is -1.45. The van der Waals surface area contributed by atoms with Gasteiger partial charge in [-0.15, -0.1) is 0 Å². The highest BCUT2D eigenvalue weighted by molar-refractivity contribution is 7.92. The van der Waals surface area contributed by atoms with E-state index < -0.39 is 40.2 Å². The van der Waals surface area contributed by atoms with Crippen LogP contribution in [0.5, 0.6) is 0 Å². The summed E-state index contributed by atoms with van der Waals surface area (Å²) in [6, 6.07) is 18.7. The zero-order valence-electron chi connectivity index (χ0n) is 21.5. The van der Waals surface area contributed by atoms with Crippen LogP contribution in [0.25, 0.3) is 0 Å². The highest BCUT2D eigenvalue weighted by Gasteiger charge is 2.32. The van der Waals surface area contributed by atoms with Gasteiger partial charge >= 0.3 is 0 Å². The van der Waals surface area contributed by atoms with Crippen LogP contribution in [0.2, 0.25) is 5.02 Å². The molecule has 3 aromatic carbocycles. The maximum atomic E-state index is 14.6. The molecule has 0 fully saturated rings. The Hall–Kier alpha value is -3.43. The average molecular weight is 560 g/mol. The quantitative estimate of drug-likeness (QED) is 0.363. The van der Waals surface area contributed by atoms with Gasteiger partial charge in [-0.2, -0.15) is 0 Å². The SMILES string of the molecule is CC(C)CNC(=O)[C@H](C)N(Cc1ccccc1F)C(=O)CN(c1ccc(Cl)cc1)S(=O)(=O)c1ccccc1. The van der Waals surface area contributed by atoms with E-state index in [9.17, 15) is 22.4 Å². The van der Waals surface area contributed by atoms with Crippen molar-refractivity contribution in [3.63, 3.8) is 0 Å². The predicted octanol–water partition coefficient (Wildman–Crippen LogP) is 4.86. The second-order valence-electron chi connectivity index (χ2n) is 9.23. The van der Waals surface area contributed by atoms with Crippen molar-refractivity contribution in [1.29, 1.82) is 0 Å². The van der Waals surface area contributed by atoms with Crippen molar-refractivity contribution in [2.45, 2.75) is 38.3 Å². The lowest BCUT2D eigenvalue weighted by Crippen LogP contribution is -2.51. The lowest BCUT2D eigenvalue weighted by molar-refractivity contribution is -0.139. The van der Waals surface area contributed by atoms with E-state index in [-0.39, 0.29) is 28.6 Å². The Morgan fingerprint density at radius 2 is 1.53 bits per heavy atom. The van der Waals surface area contributed by atoms with Crippen LogP contribution in [0.15, 0.2) is 83.8 Å². The molecule has 0 aromatic heterocycles. The first-order valence-corrected chi connectivity index (χ1v) is 14.0. The molecule has 0 unspecified atom stereocenters. The normalized spacial score (nSPS) is 12.2. The largest absolute Gasteiger partial charge is 0.354 e. The smallest absolute Gasteiger partial charge is 0.264 e. The molecule has 1 atom stereocenters. The van der Waals surface area contributed by atoms with Gasteiger partial charge in [0.25, 0.3) is 10.0 Å². The summed E-state index contributed by atoms with van der Waals surface area (Å²) in [5, 5.41) is 3.19. The molecular formula is C28H31ClFN3O4S. The molecule has 0 radical (unpaired) electrons. The zero-order chi connectivity index (χ0) is 27.9. The van der Waals surface area contributed by atoms with E-state index in [1.165, 1.54) is 66.4 Å². The number of sulfonamides is 1. The summed E-state index contributed by atoms with van der Waals surface area (Å²) >= 11 is 6.01. The van der Waals surface area contributed by atoms with Gasteiger partial charge < -0.3 is 10.2 Å². The van der Waals surface area contributed by atoms with E-state index in [1.807, 2.05) is 13.8 Å². The van der Waals surface area contributed by atoms with E-state index in [4.69, 9.17) is 11.6 Å². The molecule has 0 aliphatic carbocycles. The van der Waals surface area contributed by atoms with Gasteiger partial charge in [-0.05, 0) is 55.3 Å². The third-order valence-electron chi connectivity index (χ3n) is 5.88. The number of carbonyl (C=O) groups is 2. The number of hydrogen-bond donors (Lipinski definition) is 1. The molecule has 38 heavy (non-hydrogen) atoms. The lowest BCUT2D eigenvalue weighted by Gasteiger charge is -2.32. The summed E-state index contributed by atoms with van der Waals surface area (Å²) in [6.07, 6.45) is 0. The predicted molar refractivity (Wildman–Crippen MR) is 147 cm³/mol. The first kappa shape index (κ1) is 29.1. The van der Waals surface area contributed by atoms with Crippen molar-refractivity contribution >= 4 is 39.1 Å². The van der Waals surface area contributed by atoms with E-state index in [0.717, 1.165) is 4.31 Å². The number of nitrogens with zero attached hydrogens (tertiary/aromatic N) is 2. The Bertz CT molecular complexity index is 1350. The standard InChI is InChI=1S/C28H31ClFN3O4S/c1-20(2)17-31-28(35)21(3)32(18-22-9-7-8-12-26(22)30)27(34)19-33(24-15-13-23(29)14-16-24)38(36,37)25-10-5-4-6-11-25/h4-16,20-21H,17-19H2,1-3H3,(H,31,35)/t21-/m0/s1. The fourth-order valence-corrected chi connectivity index (χ4v) is 5.26. The molecule has 0 spiro atoms. The minimum Gasteiger partial charge on any atom is -0.354 e. The van der Waals surface area contributed by atoms with Crippen LogP contribution in [-0.4, -0.2) is 44.3 Å². The second-order valence-corrected chi connectivity index (χ2v) is 11.5. The lowest BCUT2D eigenvalue weighted by atomic mass is 10.1. The topological polar surface area (TPSA) is 86.8 Å². The van der Waals surface area contributed by atoms with Crippen molar-refractivity contribution in [1.82, 2.24) is 10.2 Å². The summed E-state index contributed by atoms with van der Waals surface area (Å²) in [5.41, 5.74) is 0.419. The molecule has 0 aliphatic rings. The number of rotatable bonds is 11. The highest BCUT2D eigenvalue weighted by atomic mass is 35.5. The third kappa shape index (κ3) is 7.33. The van der Waals surface area contributed by atoms with Crippen LogP contribution in [0.3, 0.4) is 0 Å². The molecule has 3 rings (SSSR count). The van der Waals surface area contributed by atoms with Gasteiger partial charge in [-0.1, -0.05) is 61.8 Å². The Morgan fingerprint density at radius 1 is 0.921 bits per heavy atom. The zero-order valence-corrected chi connectivity index (χ0v) is 23.0. The molecule has 0 saturated heterocycles. The van der Waals surface area contributed by atoms with Gasteiger partial charge in [0.1, 0.15) is 18.4 Å². The Kier molecular flexibility index (Phi) is 9.88. The Balaban J connectivity index is 2.00. The second kappa shape index (κ2) is 12.9. The molecule has 2 amide bonds. The van der Waals surface area contributed by atoms with Gasteiger partial charge in [0, 0.05) is 23.7 Å². The molecule has 3 aromatic rings. The van der Waals surface area contributed by atoms with Crippen molar-refractivity contribution < 1.29 is 22.4 Å². The minimum absolute atomic E-state index is 0.00821. The number of benzene rings is 3. The maximum absolute atomic E-state index is 14.6. The molecule has 10 heteroatoms. The Morgan fingerprint density at radius 3 is 2.13 bits per heavy atom. The maximum Gasteiger partial charge on any atom is 0.264 e. The van der Waals surface area contributed by atoms with E-state index in [1.54, 1.807) is 24.3 Å². The van der Waals surface area contributed by atoms with Gasteiger partial charge in [-0.3, -0.25) is 13.9 Å². The first-order chi connectivity index (χ1) is 18.0. The third-order valence-corrected chi connectivity index (χ3v) is 7.92. The summed E-state index contributed by atoms with van der Waals surface area (Å²) < 4.78 is 42.8. The summed E-state index contributed by atoms with van der Waals surface area (Å²) in [7, 11) is -4.18. The van der Waals surface area contributed by atoms with E-state index in [0.29, 0.717) is 11.6 Å².